The molecule has 0 radical (unpaired) electrons. The van der Waals surface area contributed by atoms with Crippen molar-refractivity contribution in [3.63, 3.8) is 0 Å². The van der Waals surface area contributed by atoms with Gasteiger partial charge in [-0.05, 0) is 31.0 Å². The van der Waals surface area contributed by atoms with Gasteiger partial charge >= 0.3 is 6.18 Å². The molecule has 11 heteroatoms. The van der Waals surface area contributed by atoms with Crippen LogP contribution in [-0.4, -0.2) is 67.6 Å². The Kier molecular flexibility index (Phi) is 9.54. The van der Waals surface area contributed by atoms with Gasteiger partial charge in [0.05, 0.1) is 13.1 Å². The Labute approximate surface area is 179 Å². The molecule has 28 heavy (non-hydrogen) atoms. The number of primary amides is 1. The fraction of sp³-hybridized carbons (Fsp3) is 0.647. The smallest absolute Gasteiger partial charge is 0.401 e. The van der Waals surface area contributed by atoms with Gasteiger partial charge in [-0.25, -0.2) is 0 Å². The van der Waals surface area contributed by atoms with Crippen molar-refractivity contribution in [3.8, 4) is 0 Å². The number of carbonyl (C=O) groups is 1. The summed E-state index contributed by atoms with van der Waals surface area (Å²) in [4.78, 5) is 18.7. The average Bonchev–Trinajstić information content (AvgIpc) is 3.23. The van der Waals surface area contributed by atoms with Gasteiger partial charge in [0.2, 0.25) is 0 Å². The summed E-state index contributed by atoms with van der Waals surface area (Å²) in [6.07, 6.45) is -3.37. The molecule has 1 saturated heterocycles. The highest BCUT2D eigenvalue weighted by Crippen LogP contribution is 2.21. The van der Waals surface area contributed by atoms with Crippen molar-refractivity contribution < 1.29 is 22.4 Å². The van der Waals surface area contributed by atoms with E-state index in [1.165, 1.54) is 11.0 Å². The number of furan rings is 1. The lowest BCUT2D eigenvalue weighted by atomic mass is 10.1. The van der Waals surface area contributed by atoms with Gasteiger partial charge in [-0.1, -0.05) is 6.92 Å². The molecule has 7 nitrogen and oxygen atoms in total. The number of nitrogens with two attached hydrogens (primary N) is 1. The maximum Gasteiger partial charge on any atom is 0.401 e. The summed E-state index contributed by atoms with van der Waals surface area (Å²) in [7, 11) is 1.65. The molecule has 2 heterocycles. The minimum Gasteiger partial charge on any atom is -0.454 e. The minimum absolute atomic E-state index is 0. The first-order chi connectivity index (χ1) is 12.7. The third kappa shape index (κ3) is 7.49. The highest BCUT2D eigenvalue weighted by Gasteiger charge is 2.33. The molecule has 3 N–H and O–H groups in total. The van der Waals surface area contributed by atoms with E-state index in [-0.39, 0.29) is 35.7 Å². The molecule has 1 atom stereocenters. The van der Waals surface area contributed by atoms with Crippen LogP contribution in [0.5, 0.6) is 0 Å². The van der Waals surface area contributed by atoms with E-state index in [0.717, 1.165) is 13.0 Å². The first-order valence-corrected chi connectivity index (χ1v) is 8.85. The quantitative estimate of drug-likeness (QED) is 0.330. The van der Waals surface area contributed by atoms with E-state index in [4.69, 9.17) is 10.2 Å². The summed E-state index contributed by atoms with van der Waals surface area (Å²) < 4.78 is 43.2. The lowest BCUT2D eigenvalue weighted by Crippen LogP contribution is -2.41. The van der Waals surface area contributed by atoms with Crippen LogP contribution >= 0.6 is 24.0 Å². The Bertz CT molecular complexity index is 665. The van der Waals surface area contributed by atoms with Crippen molar-refractivity contribution in [1.82, 2.24) is 15.1 Å². The predicted molar refractivity (Wildman–Crippen MR) is 111 cm³/mol. The van der Waals surface area contributed by atoms with Crippen molar-refractivity contribution in [1.29, 1.82) is 0 Å². The number of likely N-dealkylation sites (tertiary alicyclic amines) is 1. The summed E-state index contributed by atoms with van der Waals surface area (Å²) in [6, 6.07) is 3.16. The molecule has 0 aliphatic carbocycles. The zero-order valence-electron chi connectivity index (χ0n) is 16.0. The number of nitrogens with one attached hydrogen (secondary N) is 1. The second-order valence-corrected chi connectivity index (χ2v) is 6.57. The third-order valence-electron chi connectivity index (χ3n) is 4.49. The molecule has 1 aromatic rings. The Morgan fingerprint density at radius 3 is 2.71 bits per heavy atom. The van der Waals surface area contributed by atoms with E-state index in [1.54, 1.807) is 20.0 Å². The van der Waals surface area contributed by atoms with Crippen molar-refractivity contribution in [2.24, 2.45) is 16.6 Å². The van der Waals surface area contributed by atoms with Crippen LogP contribution in [0.15, 0.2) is 21.5 Å². The van der Waals surface area contributed by atoms with Crippen LogP contribution in [0.3, 0.4) is 0 Å². The molecule has 0 aromatic carbocycles. The van der Waals surface area contributed by atoms with Gasteiger partial charge in [-0.3, -0.25) is 14.7 Å². The number of amides is 1. The summed E-state index contributed by atoms with van der Waals surface area (Å²) in [5.74, 6) is 0.798. The number of nitrogens with zero attached hydrogens (tertiary/aromatic N) is 3. The number of alkyl halides is 3. The number of aliphatic imine (C=N–C) groups is 1. The molecule has 1 unspecified atom stereocenters. The number of hydrogen-bond acceptors (Lipinski definition) is 4. The van der Waals surface area contributed by atoms with Crippen molar-refractivity contribution in [2.75, 3.05) is 39.8 Å². The fourth-order valence-corrected chi connectivity index (χ4v) is 3.20. The van der Waals surface area contributed by atoms with Crippen LogP contribution in [0.1, 0.15) is 29.7 Å². The Morgan fingerprint density at radius 1 is 1.46 bits per heavy atom. The highest BCUT2D eigenvalue weighted by molar-refractivity contribution is 14.0. The third-order valence-corrected chi connectivity index (χ3v) is 4.49. The lowest BCUT2D eigenvalue weighted by molar-refractivity contribution is -0.146. The molecule has 0 spiro atoms. The second kappa shape index (κ2) is 10.9. The first-order valence-electron chi connectivity index (χ1n) is 8.85. The van der Waals surface area contributed by atoms with Gasteiger partial charge in [0.15, 0.2) is 11.7 Å². The number of rotatable bonds is 7. The van der Waals surface area contributed by atoms with Gasteiger partial charge in [-0.2, -0.15) is 13.2 Å². The maximum atomic E-state index is 12.6. The fourth-order valence-electron chi connectivity index (χ4n) is 3.20. The second-order valence-electron chi connectivity index (χ2n) is 6.57. The minimum atomic E-state index is -4.18. The maximum absolute atomic E-state index is 12.6. The van der Waals surface area contributed by atoms with Gasteiger partial charge in [0.1, 0.15) is 5.76 Å². The number of guanidine groups is 1. The van der Waals surface area contributed by atoms with Crippen molar-refractivity contribution in [3.05, 3.63) is 23.7 Å². The van der Waals surface area contributed by atoms with Gasteiger partial charge in [-0.15, -0.1) is 24.0 Å². The number of hydrogen-bond donors (Lipinski definition) is 2. The van der Waals surface area contributed by atoms with Crippen LogP contribution < -0.4 is 11.1 Å². The van der Waals surface area contributed by atoms with Gasteiger partial charge < -0.3 is 20.4 Å². The largest absolute Gasteiger partial charge is 0.454 e. The Morgan fingerprint density at radius 2 is 2.18 bits per heavy atom. The van der Waals surface area contributed by atoms with Crippen molar-refractivity contribution in [2.45, 2.75) is 26.1 Å². The molecular formula is C17H27F3IN5O2. The summed E-state index contributed by atoms with van der Waals surface area (Å²) >= 11 is 0. The lowest BCUT2D eigenvalue weighted by Gasteiger charge is -2.26. The number of halogens is 4. The average molecular weight is 517 g/mol. The van der Waals surface area contributed by atoms with E-state index in [9.17, 15) is 18.0 Å². The Hall–Kier alpha value is -1.50. The molecule has 1 aliphatic heterocycles. The molecule has 2 rings (SSSR count). The molecule has 1 fully saturated rings. The zero-order chi connectivity index (χ0) is 20.0. The molecule has 1 amide bonds. The van der Waals surface area contributed by atoms with E-state index in [1.807, 2.05) is 4.90 Å². The predicted octanol–water partition coefficient (Wildman–Crippen LogP) is 2.28. The van der Waals surface area contributed by atoms with E-state index < -0.39 is 18.6 Å². The van der Waals surface area contributed by atoms with Crippen LogP contribution in [-0.2, 0) is 6.54 Å². The van der Waals surface area contributed by atoms with Crippen LogP contribution in [0.25, 0.3) is 0 Å². The van der Waals surface area contributed by atoms with Gasteiger partial charge in [0, 0.05) is 26.7 Å². The van der Waals surface area contributed by atoms with E-state index >= 15 is 0 Å². The first kappa shape index (κ1) is 24.5. The van der Waals surface area contributed by atoms with E-state index in [0.29, 0.717) is 37.9 Å². The van der Waals surface area contributed by atoms with Crippen LogP contribution in [0.4, 0.5) is 13.2 Å². The summed E-state index contributed by atoms with van der Waals surface area (Å²) in [5.41, 5.74) is 5.15. The van der Waals surface area contributed by atoms with E-state index in [2.05, 4.69) is 10.3 Å². The number of carbonyl (C=O) groups excluding carboxylic acids is 1. The summed E-state index contributed by atoms with van der Waals surface area (Å²) in [5, 5.41) is 3.14. The zero-order valence-corrected chi connectivity index (χ0v) is 18.3. The standard InChI is InChI=1S/C17H26F3N5O2.HI/c1-3-24(11-17(18,19)20)9-12-6-7-25(10-12)16(22-2)23-8-13-4-5-14(27-13)15(21)26;/h4-5,12H,3,6-11H2,1-2H3,(H2,21,26)(H,22,23);1H. The van der Waals surface area contributed by atoms with Crippen molar-refractivity contribution >= 4 is 35.8 Å². The molecule has 1 aliphatic rings. The topological polar surface area (TPSA) is 87.1 Å². The molecule has 0 saturated carbocycles. The SMILES string of the molecule is CCN(CC1CCN(C(=NC)NCc2ccc(C(N)=O)o2)C1)CC(F)(F)F.I. The monoisotopic (exact) mass is 517 g/mol. The Balaban J connectivity index is 0.00000392. The normalized spacial score (nSPS) is 17.7. The molecule has 0 bridgehead atoms. The van der Waals surface area contributed by atoms with Crippen LogP contribution in [0.2, 0.25) is 0 Å². The summed E-state index contributed by atoms with van der Waals surface area (Å²) in [6.45, 7) is 3.32. The molecule has 1 aromatic heterocycles. The highest BCUT2D eigenvalue weighted by atomic mass is 127. The molecule has 160 valence electrons. The molecular weight excluding hydrogens is 490 g/mol. The van der Waals surface area contributed by atoms with Crippen LogP contribution in [0, 0.1) is 5.92 Å². The van der Waals surface area contributed by atoms with Gasteiger partial charge in [0.25, 0.3) is 5.91 Å².